The van der Waals surface area contributed by atoms with Crippen LogP contribution in [0, 0.1) is 0 Å². The number of hydrogen-bond acceptors (Lipinski definition) is 6. The molecule has 0 radical (unpaired) electrons. The Kier molecular flexibility index (Phi) is 21.3. The standard InChI is InChI=1S/C47H68N4O2/c1-3-5-7-9-16-20-24-40-26-28-42(29-27-40)47-50-38-45(39-51-47)53-35-23-19-15-13-11-12-14-18-22-34-52-44-32-30-43(31-33-44)46-48-36-41(37-49-46)25-21-17-10-8-6-4-2/h26-33,36-39H,3-25,34-35H2,1-2H3. The third-order valence-electron chi connectivity index (χ3n) is 10.1. The first-order chi connectivity index (χ1) is 26.2. The number of aromatic nitrogens is 4. The monoisotopic (exact) mass is 721 g/mol. The second-order valence-electron chi connectivity index (χ2n) is 14.8. The lowest BCUT2D eigenvalue weighted by Gasteiger charge is -2.08. The van der Waals surface area contributed by atoms with E-state index in [1.807, 2.05) is 24.5 Å². The largest absolute Gasteiger partial charge is 0.494 e. The Hall–Kier alpha value is -3.80. The van der Waals surface area contributed by atoms with Gasteiger partial charge in [-0.2, -0.15) is 0 Å². The van der Waals surface area contributed by atoms with Crippen molar-refractivity contribution in [2.24, 2.45) is 0 Å². The predicted octanol–water partition coefficient (Wildman–Crippen LogP) is 13.4. The predicted molar refractivity (Wildman–Crippen MR) is 222 cm³/mol. The fourth-order valence-corrected chi connectivity index (χ4v) is 6.73. The molecule has 0 aliphatic carbocycles. The van der Waals surface area contributed by atoms with Crippen molar-refractivity contribution in [1.82, 2.24) is 19.9 Å². The molecule has 6 heteroatoms. The number of benzene rings is 2. The fraction of sp³-hybridized carbons (Fsp3) is 0.574. The second-order valence-corrected chi connectivity index (χ2v) is 14.8. The van der Waals surface area contributed by atoms with E-state index in [2.05, 4.69) is 70.2 Å². The summed E-state index contributed by atoms with van der Waals surface area (Å²) in [4.78, 5) is 18.3. The van der Waals surface area contributed by atoms with Crippen LogP contribution in [0.2, 0.25) is 0 Å². The zero-order valence-electron chi connectivity index (χ0n) is 33.2. The highest BCUT2D eigenvalue weighted by Crippen LogP contribution is 2.22. The maximum absolute atomic E-state index is 6.00. The molecule has 0 aliphatic rings. The van der Waals surface area contributed by atoms with Crippen LogP contribution in [0.1, 0.15) is 160 Å². The van der Waals surface area contributed by atoms with Crippen molar-refractivity contribution in [1.29, 1.82) is 0 Å². The molecule has 0 spiro atoms. The first-order valence-electron chi connectivity index (χ1n) is 21.3. The van der Waals surface area contributed by atoms with Crippen molar-refractivity contribution in [2.45, 2.75) is 162 Å². The summed E-state index contributed by atoms with van der Waals surface area (Å²) in [7, 11) is 0. The Morgan fingerprint density at radius 1 is 0.358 bits per heavy atom. The smallest absolute Gasteiger partial charge is 0.159 e. The first kappa shape index (κ1) is 41.9. The van der Waals surface area contributed by atoms with Crippen LogP contribution in [0.25, 0.3) is 22.8 Å². The van der Waals surface area contributed by atoms with Gasteiger partial charge in [0.1, 0.15) is 5.75 Å². The number of rotatable bonds is 30. The minimum Gasteiger partial charge on any atom is -0.494 e. The van der Waals surface area contributed by atoms with E-state index in [1.165, 1.54) is 133 Å². The van der Waals surface area contributed by atoms with E-state index in [0.29, 0.717) is 0 Å². The Bertz CT molecular complexity index is 1340. The third-order valence-corrected chi connectivity index (χ3v) is 10.1. The van der Waals surface area contributed by atoms with Gasteiger partial charge in [0.05, 0.1) is 25.6 Å². The maximum atomic E-state index is 6.00. The zero-order chi connectivity index (χ0) is 37.0. The van der Waals surface area contributed by atoms with E-state index in [1.54, 1.807) is 12.4 Å². The number of ether oxygens (including phenoxy) is 2. The van der Waals surface area contributed by atoms with Crippen molar-refractivity contribution < 1.29 is 9.47 Å². The lowest BCUT2D eigenvalue weighted by Crippen LogP contribution is -1.99. The summed E-state index contributed by atoms with van der Waals surface area (Å²) in [5.74, 6) is 3.21. The molecule has 0 unspecified atom stereocenters. The van der Waals surface area contributed by atoms with E-state index in [9.17, 15) is 0 Å². The molecule has 0 atom stereocenters. The van der Waals surface area contributed by atoms with Crippen LogP contribution in [-0.2, 0) is 12.8 Å². The van der Waals surface area contributed by atoms with Crippen LogP contribution in [-0.4, -0.2) is 33.1 Å². The van der Waals surface area contributed by atoms with E-state index in [-0.39, 0.29) is 0 Å². The minimum atomic E-state index is 0.721. The third kappa shape index (κ3) is 17.7. The van der Waals surface area contributed by atoms with Crippen molar-refractivity contribution >= 4 is 0 Å². The normalized spacial score (nSPS) is 11.2. The van der Waals surface area contributed by atoms with Crippen LogP contribution in [0.5, 0.6) is 11.5 Å². The lowest BCUT2D eigenvalue weighted by molar-refractivity contribution is 0.301. The number of unbranched alkanes of at least 4 members (excludes halogenated alkanes) is 18. The zero-order valence-corrected chi connectivity index (χ0v) is 33.2. The summed E-state index contributed by atoms with van der Waals surface area (Å²) in [5.41, 5.74) is 4.72. The SMILES string of the molecule is CCCCCCCCc1ccc(-c2ncc(OCCCCCCCCCCCOc3ccc(-c4ncc(CCCCCCCC)cn4)cc3)cn2)cc1. The van der Waals surface area contributed by atoms with Gasteiger partial charge < -0.3 is 9.47 Å². The van der Waals surface area contributed by atoms with Crippen LogP contribution in [0.4, 0.5) is 0 Å². The topological polar surface area (TPSA) is 70.0 Å². The number of aryl methyl sites for hydroxylation is 2. The molecule has 288 valence electrons. The van der Waals surface area contributed by atoms with Crippen molar-refractivity contribution in [3.8, 4) is 34.3 Å². The molecule has 0 saturated carbocycles. The number of hydrogen-bond donors (Lipinski definition) is 0. The summed E-state index contributed by atoms with van der Waals surface area (Å²) in [6, 6.07) is 16.9. The highest BCUT2D eigenvalue weighted by Gasteiger charge is 2.05. The average molecular weight is 721 g/mol. The molecule has 2 heterocycles. The minimum absolute atomic E-state index is 0.721. The van der Waals surface area contributed by atoms with Gasteiger partial charge in [-0.3, -0.25) is 0 Å². The van der Waals surface area contributed by atoms with Gasteiger partial charge in [-0.15, -0.1) is 0 Å². The Morgan fingerprint density at radius 3 is 1.23 bits per heavy atom. The van der Waals surface area contributed by atoms with Gasteiger partial charge in [0.2, 0.25) is 0 Å². The van der Waals surface area contributed by atoms with Crippen LogP contribution in [0.15, 0.2) is 73.3 Å². The summed E-state index contributed by atoms with van der Waals surface area (Å²) in [5, 5.41) is 0. The first-order valence-corrected chi connectivity index (χ1v) is 21.3. The molecule has 0 saturated heterocycles. The molecule has 2 aromatic heterocycles. The van der Waals surface area contributed by atoms with E-state index in [4.69, 9.17) is 9.47 Å². The average Bonchev–Trinajstić information content (AvgIpc) is 3.20. The van der Waals surface area contributed by atoms with Crippen molar-refractivity contribution in [3.63, 3.8) is 0 Å². The summed E-state index contributed by atoms with van der Waals surface area (Å²) < 4.78 is 11.9. The van der Waals surface area contributed by atoms with E-state index < -0.39 is 0 Å². The summed E-state index contributed by atoms with van der Waals surface area (Å²) in [6.45, 7) is 6.02. The van der Waals surface area contributed by atoms with Gasteiger partial charge in [0.15, 0.2) is 17.4 Å². The molecule has 4 rings (SSSR count). The molecule has 0 N–H and O–H groups in total. The highest BCUT2D eigenvalue weighted by molar-refractivity contribution is 5.56. The van der Waals surface area contributed by atoms with Crippen molar-refractivity contribution in [2.75, 3.05) is 13.2 Å². The van der Waals surface area contributed by atoms with E-state index in [0.717, 1.165) is 73.2 Å². The summed E-state index contributed by atoms with van der Waals surface area (Å²) >= 11 is 0. The van der Waals surface area contributed by atoms with E-state index >= 15 is 0 Å². The molecule has 2 aromatic carbocycles. The molecule has 4 aromatic rings. The molecule has 53 heavy (non-hydrogen) atoms. The summed E-state index contributed by atoms with van der Waals surface area (Å²) in [6.07, 6.45) is 36.7. The van der Waals surface area contributed by atoms with Gasteiger partial charge >= 0.3 is 0 Å². The molecule has 6 nitrogen and oxygen atoms in total. The fourth-order valence-electron chi connectivity index (χ4n) is 6.73. The van der Waals surface area contributed by atoms with Gasteiger partial charge in [0, 0.05) is 23.5 Å². The molecular formula is C47H68N4O2. The molecule has 0 fully saturated rings. The Labute approximate surface area is 322 Å². The van der Waals surface area contributed by atoms with Crippen LogP contribution in [0.3, 0.4) is 0 Å². The van der Waals surface area contributed by atoms with Crippen molar-refractivity contribution in [3.05, 3.63) is 84.4 Å². The molecule has 0 bridgehead atoms. The lowest BCUT2D eigenvalue weighted by atomic mass is 10.0. The maximum Gasteiger partial charge on any atom is 0.159 e. The van der Waals surface area contributed by atoms with Gasteiger partial charge in [0.25, 0.3) is 0 Å². The van der Waals surface area contributed by atoms with Gasteiger partial charge in [-0.1, -0.05) is 147 Å². The van der Waals surface area contributed by atoms with Crippen LogP contribution >= 0.6 is 0 Å². The molecule has 0 aliphatic heterocycles. The van der Waals surface area contributed by atoms with Gasteiger partial charge in [-0.25, -0.2) is 19.9 Å². The quantitative estimate of drug-likeness (QED) is 0.0500. The molecular weight excluding hydrogens is 653 g/mol. The Morgan fingerprint density at radius 2 is 0.736 bits per heavy atom. The van der Waals surface area contributed by atoms with Crippen LogP contribution < -0.4 is 9.47 Å². The second kappa shape index (κ2) is 26.9. The Balaban J connectivity index is 0.950. The number of nitrogens with zero attached hydrogens (tertiary/aromatic N) is 4. The highest BCUT2D eigenvalue weighted by atomic mass is 16.5. The molecule has 0 amide bonds. The van der Waals surface area contributed by atoms with Gasteiger partial charge in [-0.05, 0) is 73.9 Å².